The van der Waals surface area contributed by atoms with Gasteiger partial charge in [-0.2, -0.15) is 17.9 Å². The van der Waals surface area contributed by atoms with Gasteiger partial charge in [0.1, 0.15) is 11.8 Å². The number of ether oxygens (including phenoxy) is 2. The van der Waals surface area contributed by atoms with Crippen LogP contribution in [0, 0.1) is 5.41 Å². The van der Waals surface area contributed by atoms with E-state index in [0.717, 1.165) is 0 Å². The van der Waals surface area contributed by atoms with Crippen LogP contribution in [-0.2, 0) is 35.6 Å². The van der Waals surface area contributed by atoms with Crippen LogP contribution in [0.4, 0.5) is 13.2 Å². The second-order valence-electron chi connectivity index (χ2n) is 7.57. The Bertz CT molecular complexity index is 1240. The zero-order valence-electron chi connectivity index (χ0n) is 19.8. The predicted octanol–water partition coefficient (Wildman–Crippen LogP) is 2.03. The van der Waals surface area contributed by atoms with Gasteiger partial charge in [0.15, 0.2) is 0 Å². The van der Waals surface area contributed by atoms with Crippen LogP contribution >= 0.6 is 0 Å². The molecular formula is C23H25F3N4O7S. The fourth-order valence-electron chi connectivity index (χ4n) is 2.84. The smallest absolute Gasteiger partial charge is 0.491 e. The quantitative estimate of drug-likeness (QED) is 0.0717. The molecule has 2 aromatic carbocycles. The molecule has 2 aromatic rings. The first-order chi connectivity index (χ1) is 17.8. The number of halogens is 3. The minimum Gasteiger partial charge on any atom is -0.494 e. The van der Waals surface area contributed by atoms with Crippen molar-refractivity contribution in [3.63, 3.8) is 0 Å². The summed E-state index contributed by atoms with van der Waals surface area (Å²) in [6.45, 7) is 3.99. The van der Waals surface area contributed by atoms with Gasteiger partial charge >= 0.3 is 18.1 Å². The molecule has 0 aliphatic rings. The van der Waals surface area contributed by atoms with E-state index in [1.54, 1.807) is 0 Å². The van der Waals surface area contributed by atoms with Crippen LogP contribution in [0.15, 0.2) is 60.0 Å². The Morgan fingerprint density at radius 3 is 2.26 bits per heavy atom. The molecule has 0 aliphatic carbocycles. The number of carbonyl (C=O) groups is 2. The van der Waals surface area contributed by atoms with Crippen LogP contribution in [0.3, 0.4) is 0 Å². The minimum absolute atomic E-state index is 0.203. The van der Waals surface area contributed by atoms with E-state index in [1.165, 1.54) is 54.6 Å². The Morgan fingerprint density at radius 1 is 1.08 bits per heavy atom. The number of hydroxylamine groups is 1. The molecule has 5 N–H and O–H groups in total. The number of hydrogen-bond acceptors (Lipinski definition) is 8. The summed E-state index contributed by atoms with van der Waals surface area (Å²) in [6.07, 6.45) is -3.97. The summed E-state index contributed by atoms with van der Waals surface area (Å²) in [5.74, 6) is -4.44. The molecule has 2 rings (SSSR count). The first kappa shape index (κ1) is 30.3. The summed E-state index contributed by atoms with van der Waals surface area (Å²) >= 11 is 0. The fraction of sp³-hybridized carbons (Fsp3) is 0.261. The van der Waals surface area contributed by atoms with Crippen molar-refractivity contribution >= 4 is 34.0 Å². The molecule has 0 fully saturated rings. The van der Waals surface area contributed by atoms with E-state index in [-0.39, 0.29) is 24.1 Å². The summed E-state index contributed by atoms with van der Waals surface area (Å²) in [6, 6.07) is 9.37. The Hall–Kier alpha value is -3.95. The normalized spacial score (nSPS) is 12.3. The van der Waals surface area contributed by atoms with E-state index in [2.05, 4.69) is 16.8 Å². The zero-order valence-corrected chi connectivity index (χ0v) is 20.6. The predicted molar refractivity (Wildman–Crippen MR) is 129 cm³/mol. The summed E-state index contributed by atoms with van der Waals surface area (Å²) in [4.78, 5) is 28.2. The van der Waals surface area contributed by atoms with Gasteiger partial charge in [-0.1, -0.05) is 36.9 Å². The molecule has 0 radical (unpaired) electrons. The van der Waals surface area contributed by atoms with E-state index >= 15 is 0 Å². The highest BCUT2D eigenvalue weighted by Crippen LogP contribution is 2.19. The van der Waals surface area contributed by atoms with Crippen LogP contribution < -0.4 is 20.7 Å². The lowest BCUT2D eigenvalue weighted by Gasteiger charge is -2.18. The van der Waals surface area contributed by atoms with Crippen molar-refractivity contribution in [3.8, 4) is 5.75 Å². The van der Waals surface area contributed by atoms with Crippen molar-refractivity contribution in [1.82, 2.24) is 10.2 Å². The maximum Gasteiger partial charge on any atom is 0.491 e. The Balaban J connectivity index is 2.12. The van der Waals surface area contributed by atoms with E-state index in [4.69, 9.17) is 20.7 Å². The average Bonchev–Trinajstić information content (AvgIpc) is 2.85. The number of carbonyl (C=O) groups excluding carboxylic acids is 2. The van der Waals surface area contributed by atoms with Gasteiger partial charge in [0.2, 0.25) is 16.0 Å². The molecule has 15 heteroatoms. The van der Waals surface area contributed by atoms with Gasteiger partial charge in [0.25, 0.3) is 0 Å². The van der Waals surface area contributed by atoms with Gasteiger partial charge in [-0.05, 0) is 41.8 Å². The van der Waals surface area contributed by atoms with E-state index in [9.17, 15) is 31.2 Å². The van der Waals surface area contributed by atoms with Crippen LogP contribution in [0.2, 0.25) is 0 Å². The highest BCUT2D eigenvalue weighted by Gasteiger charge is 2.43. The Morgan fingerprint density at radius 2 is 1.71 bits per heavy atom. The molecule has 0 saturated heterocycles. The fourth-order valence-corrected chi connectivity index (χ4v) is 4.02. The van der Waals surface area contributed by atoms with Crippen LogP contribution in [0.25, 0.3) is 6.08 Å². The van der Waals surface area contributed by atoms with E-state index < -0.39 is 40.6 Å². The second-order valence-corrected chi connectivity index (χ2v) is 9.28. The van der Waals surface area contributed by atoms with Gasteiger partial charge in [0, 0.05) is 6.42 Å². The largest absolute Gasteiger partial charge is 0.494 e. The molecule has 206 valence electrons. The number of rotatable bonds is 13. The maximum atomic E-state index is 12.8. The molecule has 1 atom stereocenters. The number of guanidine groups is 1. The van der Waals surface area contributed by atoms with Crippen molar-refractivity contribution in [2.45, 2.75) is 30.0 Å². The van der Waals surface area contributed by atoms with Crippen molar-refractivity contribution in [2.24, 2.45) is 5.73 Å². The van der Waals surface area contributed by atoms with Gasteiger partial charge in [-0.3, -0.25) is 10.2 Å². The summed E-state index contributed by atoms with van der Waals surface area (Å²) in [5.41, 5.74) is 8.16. The third kappa shape index (κ3) is 9.84. The molecule has 0 heterocycles. The number of sulfonamides is 1. The van der Waals surface area contributed by atoms with Gasteiger partial charge in [-0.15, -0.1) is 0 Å². The van der Waals surface area contributed by atoms with Crippen LogP contribution in [0.1, 0.15) is 17.5 Å². The Kier molecular flexibility index (Phi) is 10.8. The molecule has 0 aliphatic heterocycles. The van der Waals surface area contributed by atoms with Crippen LogP contribution in [-0.4, -0.2) is 51.7 Å². The number of nitrogens with one attached hydrogen (secondary N) is 3. The zero-order chi connectivity index (χ0) is 28.3. The summed E-state index contributed by atoms with van der Waals surface area (Å²) in [5, 5.41) is 6.95. The van der Waals surface area contributed by atoms with Crippen molar-refractivity contribution in [2.75, 3.05) is 13.2 Å². The van der Waals surface area contributed by atoms with Gasteiger partial charge in [-0.25, -0.2) is 23.5 Å². The first-order valence-corrected chi connectivity index (χ1v) is 12.3. The van der Waals surface area contributed by atoms with Crippen molar-refractivity contribution in [1.29, 1.82) is 5.41 Å². The lowest BCUT2D eigenvalue weighted by atomic mass is 10.1. The number of nitrogens with two attached hydrogens (primary N) is 1. The number of hydrogen-bond donors (Lipinski definition) is 4. The lowest BCUT2D eigenvalue weighted by molar-refractivity contribution is -0.202. The lowest BCUT2D eigenvalue weighted by Crippen LogP contribution is -2.45. The minimum atomic E-state index is -5.45. The van der Waals surface area contributed by atoms with Gasteiger partial charge < -0.3 is 15.2 Å². The standard InChI is InChI=1S/C23H25F3N4O7S/c1-2-15-6-10-18(11-7-15)38(33,34)30-19(20(31)37-21(32)23(24,25)26)14-16-4-8-17(9-5-16)35-12-3-13-36-29-22(27)28/h2,4-11,19,30H,1,3,12-14H2,(H4,27,28,29)/t19-/m0/s1. The monoisotopic (exact) mass is 558 g/mol. The molecule has 0 aromatic heterocycles. The molecule has 11 nitrogen and oxygen atoms in total. The molecular weight excluding hydrogens is 533 g/mol. The van der Waals surface area contributed by atoms with E-state index in [1.807, 2.05) is 4.72 Å². The molecule has 0 saturated carbocycles. The number of esters is 2. The molecule has 0 unspecified atom stereocenters. The third-order valence-corrected chi connectivity index (χ3v) is 6.13. The number of benzene rings is 2. The molecule has 0 amide bonds. The molecule has 38 heavy (non-hydrogen) atoms. The van der Waals surface area contributed by atoms with Gasteiger partial charge in [0.05, 0.1) is 18.1 Å². The average molecular weight is 559 g/mol. The number of alkyl halides is 3. The third-order valence-electron chi connectivity index (χ3n) is 4.64. The topological polar surface area (TPSA) is 170 Å². The SMILES string of the molecule is C=Cc1ccc(S(=O)(=O)N[C@@H](Cc2ccc(OCCCONC(=N)N)cc2)C(=O)OC(=O)C(F)(F)F)cc1. The highest BCUT2D eigenvalue weighted by molar-refractivity contribution is 7.89. The Labute approximate surface area is 216 Å². The van der Waals surface area contributed by atoms with Crippen molar-refractivity contribution in [3.05, 3.63) is 66.2 Å². The van der Waals surface area contributed by atoms with Crippen molar-refractivity contribution < 1.29 is 45.5 Å². The summed E-state index contributed by atoms with van der Waals surface area (Å²) < 4.78 is 74.8. The highest BCUT2D eigenvalue weighted by atomic mass is 32.2. The van der Waals surface area contributed by atoms with Crippen LogP contribution in [0.5, 0.6) is 5.75 Å². The first-order valence-electron chi connectivity index (χ1n) is 10.8. The maximum absolute atomic E-state index is 12.8. The summed E-state index contributed by atoms with van der Waals surface area (Å²) in [7, 11) is -4.39. The van der Waals surface area contributed by atoms with E-state index in [0.29, 0.717) is 23.3 Å². The second kappa shape index (κ2) is 13.6. The molecule has 0 spiro atoms. The molecule has 0 bridgehead atoms.